The number of benzene rings is 1. The summed E-state index contributed by atoms with van der Waals surface area (Å²) in [4.78, 5) is 16.5. The van der Waals surface area contributed by atoms with Gasteiger partial charge in [0, 0.05) is 11.8 Å². The quantitative estimate of drug-likeness (QED) is 0.637. The number of hydrogen-bond acceptors (Lipinski definition) is 5. The number of carbonyl (C=O) groups excluding carboxylic acids is 1. The van der Waals surface area contributed by atoms with Crippen LogP contribution in [0.25, 0.3) is 11.3 Å². The van der Waals surface area contributed by atoms with Crippen molar-refractivity contribution < 1.29 is 18.8 Å². The predicted molar refractivity (Wildman–Crippen MR) is 96.5 cm³/mol. The Hall–Kier alpha value is -2.60. The van der Waals surface area contributed by atoms with Crippen LogP contribution in [-0.4, -0.2) is 30.8 Å². The van der Waals surface area contributed by atoms with Gasteiger partial charge in [0.25, 0.3) is 0 Å². The van der Waals surface area contributed by atoms with Crippen LogP contribution in [0.5, 0.6) is 0 Å². The molecule has 0 spiro atoms. The van der Waals surface area contributed by atoms with Gasteiger partial charge >= 0.3 is 13.1 Å². The fourth-order valence-corrected chi connectivity index (χ4v) is 2.57. The van der Waals surface area contributed by atoms with Crippen LogP contribution in [0.1, 0.15) is 29.8 Å². The van der Waals surface area contributed by atoms with Crippen LogP contribution in [-0.2, 0) is 14.0 Å². The molecule has 25 heavy (non-hydrogen) atoms. The van der Waals surface area contributed by atoms with E-state index < -0.39 is 18.7 Å². The SMILES string of the molecule is C=C1OB(c2cc(C(=O)OC)cc(-c3ccc(C)cn3)c2)OC1(C)C. The van der Waals surface area contributed by atoms with Crippen LogP contribution in [0.15, 0.2) is 48.9 Å². The average Bonchev–Trinajstić information content (AvgIpc) is 2.87. The Morgan fingerprint density at radius 2 is 2.04 bits per heavy atom. The van der Waals surface area contributed by atoms with Crippen molar-refractivity contribution in [3.8, 4) is 11.3 Å². The number of aromatic nitrogens is 1. The molecule has 5 nitrogen and oxygen atoms in total. The maximum Gasteiger partial charge on any atom is 0.563 e. The highest BCUT2D eigenvalue weighted by Crippen LogP contribution is 2.30. The third-order valence-electron chi connectivity index (χ3n) is 4.18. The Labute approximate surface area is 147 Å². The van der Waals surface area contributed by atoms with Gasteiger partial charge in [0.15, 0.2) is 0 Å². The predicted octanol–water partition coefficient (Wildman–Crippen LogP) is 2.88. The number of aryl methyl sites for hydroxylation is 1. The first-order valence-electron chi connectivity index (χ1n) is 8.00. The van der Waals surface area contributed by atoms with E-state index in [0.717, 1.165) is 16.8 Å². The van der Waals surface area contributed by atoms with E-state index in [1.165, 1.54) is 7.11 Å². The minimum atomic E-state index is -0.628. The van der Waals surface area contributed by atoms with Gasteiger partial charge in [0.1, 0.15) is 5.60 Å². The molecule has 0 amide bonds. The number of carbonyl (C=O) groups is 1. The topological polar surface area (TPSA) is 57.7 Å². The van der Waals surface area contributed by atoms with Gasteiger partial charge in [-0.25, -0.2) is 4.79 Å². The summed E-state index contributed by atoms with van der Waals surface area (Å²) < 4.78 is 16.6. The van der Waals surface area contributed by atoms with Crippen LogP contribution >= 0.6 is 0 Å². The van der Waals surface area contributed by atoms with E-state index in [2.05, 4.69) is 11.6 Å². The third-order valence-corrected chi connectivity index (χ3v) is 4.18. The van der Waals surface area contributed by atoms with E-state index in [-0.39, 0.29) is 0 Å². The summed E-state index contributed by atoms with van der Waals surface area (Å²) in [6.45, 7) is 9.65. The molecule has 1 aromatic carbocycles. The lowest BCUT2D eigenvalue weighted by atomic mass is 9.77. The molecular weight excluding hydrogens is 317 g/mol. The Morgan fingerprint density at radius 1 is 1.28 bits per heavy atom. The van der Waals surface area contributed by atoms with E-state index >= 15 is 0 Å². The molecule has 3 rings (SSSR count). The Balaban J connectivity index is 2.06. The van der Waals surface area contributed by atoms with Crippen molar-refractivity contribution in [3.05, 3.63) is 60.0 Å². The van der Waals surface area contributed by atoms with Gasteiger partial charge in [-0.15, -0.1) is 0 Å². The van der Waals surface area contributed by atoms with Crippen LogP contribution in [0.2, 0.25) is 0 Å². The molecule has 0 radical (unpaired) electrons. The number of methoxy groups -OCH3 is 1. The lowest BCUT2D eigenvalue weighted by Crippen LogP contribution is -2.35. The molecule has 1 aliphatic rings. The second kappa shape index (κ2) is 6.37. The van der Waals surface area contributed by atoms with E-state index in [1.807, 2.05) is 39.0 Å². The van der Waals surface area contributed by atoms with Crippen LogP contribution in [0, 0.1) is 6.92 Å². The average molecular weight is 337 g/mol. The molecule has 0 bridgehead atoms. The highest BCUT2D eigenvalue weighted by atomic mass is 16.7. The second-order valence-electron chi connectivity index (χ2n) is 6.56. The van der Waals surface area contributed by atoms with E-state index in [0.29, 0.717) is 16.8 Å². The molecule has 2 heterocycles. The molecule has 0 unspecified atom stereocenters. The molecule has 0 saturated carbocycles. The van der Waals surface area contributed by atoms with Crippen molar-refractivity contribution in [2.24, 2.45) is 0 Å². The molecule has 2 aromatic rings. The number of hydrogen-bond donors (Lipinski definition) is 0. The third kappa shape index (κ3) is 3.44. The molecule has 6 heteroatoms. The molecule has 128 valence electrons. The minimum absolute atomic E-state index is 0.417. The number of nitrogens with zero attached hydrogens (tertiary/aromatic N) is 1. The van der Waals surface area contributed by atoms with Crippen molar-refractivity contribution in [3.63, 3.8) is 0 Å². The van der Waals surface area contributed by atoms with Gasteiger partial charge in [-0.1, -0.05) is 18.7 Å². The lowest BCUT2D eigenvalue weighted by Gasteiger charge is -2.15. The fraction of sp³-hybridized carbons (Fsp3) is 0.263. The van der Waals surface area contributed by atoms with Crippen LogP contribution < -0.4 is 5.46 Å². The van der Waals surface area contributed by atoms with E-state index in [1.54, 1.807) is 18.3 Å². The Morgan fingerprint density at radius 3 is 2.60 bits per heavy atom. The highest BCUT2D eigenvalue weighted by molar-refractivity contribution is 6.62. The van der Waals surface area contributed by atoms with Gasteiger partial charge in [-0.3, -0.25) is 4.98 Å². The second-order valence-corrected chi connectivity index (χ2v) is 6.56. The van der Waals surface area contributed by atoms with E-state index in [4.69, 9.17) is 14.0 Å². The first kappa shape index (κ1) is 17.2. The molecule has 0 atom stereocenters. The molecule has 0 N–H and O–H groups in total. The van der Waals surface area contributed by atoms with Crippen molar-refractivity contribution in [1.82, 2.24) is 4.98 Å². The highest BCUT2D eigenvalue weighted by Gasteiger charge is 2.43. The molecule has 1 saturated heterocycles. The molecule has 1 aliphatic heterocycles. The number of esters is 1. The Kier molecular flexibility index (Phi) is 4.39. The maximum absolute atomic E-state index is 12.1. The molecule has 0 aliphatic carbocycles. The summed E-state index contributed by atoms with van der Waals surface area (Å²) in [6, 6.07) is 9.25. The van der Waals surface area contributed by atoms with Crippen molar-refractivity contribution in [2.45, 2.75) is 26.4 Å². The molecule has 1 fully saturated rings. The minimum Gasteiger partial charge on any atom is -0.534 e. The molecular formula is C19H20BNO4. The van der Waals surface area contributed by atoms with Crippen molar-refractivity contribution in [2.75, 3.05) is 7.11 Å². The van der Waals surface area contributed by atoms with Crippen molar-refractivity contribution >= 4 is 18.6 Å². The first-order chi connectivity index (χ1) is 11.8. The zero-order valence-electron chi connectivity index (χ0n) is 14.8. The summed E-state index contributed by atoms with van der Waals surface area (Å²) in [5.74, 6) is 0.127. The van der Waals surface area contributed by atoms with Crippen LogP contribution in [0.4, 0.5) is 0 Å². The van der Waals surface area contributed by atoms with Gasteiger partial charge in [0.05, 0.1) is 24.1 Å². The monoisotopic (exact) mass is 337 g/mol. The largest absolute Gasteiger partial charge is 0.563 e. The summed E-state index contributed by atoms with van der Waals surface area (Å²) in [6.07, 6.45) is 1.79. The summed E-state index contributed by atoms with van der Waals surface area (Å²) >= 11 is 0. The fourth-order valence-electron chi connectivity index (χ4n) is 2.57. The number of rotatable bonds is 3. The van der Waals surface area contributed by atoms with Gasteiger partial charge < -0.3 is 14.0 Å². The zero-order chi connectivity index (χ0) is 18.2. The van der Waals surface area contributed by atoms with Crippen LogP contribution in [0.3, 0.4) is 0 Å². The smallest absolute Gasteiger partial charge is 0.534 e. The summed E-state index contributed by atoms with van der Waals surface area (Å²) in [5, 5.41) is 0. The van der Waals surface area contributed by atoms with Crippen molar-refractivity contribution in [1.29, 1.82) is 0 Å². The lowest BCUT2D eigenvalue weighted by molar-refractivity contribution is 0.0601. The molecule has 1 aromatic heterocycles. The number of ether oxygens (including phenoxy) is 1. The van der Waals surface area contributed by atoms with Gasteiger partial charge in [0.2, 0.25) is 0 Å². The summed E-state index contributed by atoms with van der Waals surface area (Å²) in [5.41, 5.74) is 3.16. The van der Waals surface area contributed by atoms with Gasteiger partial charge in [-0.2, -0.15) is 0 Å². The van der Waals surface area contributed by atoms with Gasteiger partial charge in [-0.05, 0) is 50.0 Å². The normalized spacial score (nSPS) is 15.8. The first-order valence-corrected chi connectivity index (χ1v) is 8.00. The summed E-state index contributed by atoms with van der Waals surface area (Å²) in [7, 11) is 0.725. The standard InChI is InChI=1S/C19H20BNO4/c1-12-6-7-17(21-11-12)14-8-15(18(22)23-5)10-16(9-14)20-24-13(2)19(3,4)25-20/h6-11H,2H2,1,3-5H3. The van der Waals surface area contributed by atoms with E-state index in [9.17, 15) is 4.79 Å². The number of pyridine rings is 1. The Bertz CT molecular complexity index is 830. The maximum atomic E-state index is 12.1. The zero-order valence-corrected chi connectivity index (χ0v) is 14.8.